The molecule has 0 fully saturated rings. The fourth-order valence-electron chi connectivity index (χ4n) is 3.59. The smallest absolute Gasteiger partial charge is 0.264 e. The number of nitrogens with zero attached hydrogens (tertiary/aromatic N) is 2. The Balaban J connectivity index is 1.85. The summed E-state index contributed by atoms with van der Waals surface area (Å²) in [5.74, 6) is 6.30. The van der Waals surface area contributed by atoms with E-state index in [9.17, 15) is 13.2 Å². The number of unbranched alkanes of at least 4 members (excludes halogenated alkanes) is 3. The molecule has 1 heterocycles. The number of imidazole rings is 1. The van der Waals surface area contributed by atoms with Crippen molar-refractivity contribution in [3.63, 3.8) is 0 Å². The Morgan fingerprint density at radius 1 is 1.12 bits per heavy atom. The normalized spacial score (nSPS) is 11.3. The van der Waals surface area contributed by atoms with Crippen LogP contribution >= 0.6 is 11.6 Å². The zero-order valence-electron chi connectivity index (χ0n) is 19.8. The maximum Gasteiger partial charge on any atom is 0.264 e. The number of benzene rings is 2. The third-order valence-electron chi connectivity index (χ3n) is 5.46. The molecule has 0 bridgehead atoms. The lowest BCUT2D eigenvalue weighted by Gasteiger charge is -2.10. The van der Waals surface area contributed by atoms with Gasteiger partial charge in [0.2, 0.25) is 10.0 Å². The minimum Gasteiger partial charge on any atom is -0.324 e. The van der Waals surface area contributed by atoms with Crippen LogP contribution in [0.2, 0.25) is 5.02 Å². The summed E-state index contributed by atoms with van der Waals surface area (Å²) in [7, 11) is -3.68. The average Bonchev–Trinajstić information content (AvgIpc) is 3.09. The van der Waals surface area contributed by atoms with Crippen LogP contribution in [0.4, 0.5) is 0 Å². The molecule has 0 spiro atoms. The van der Waals surface area contributed by atoms with Gasteiger partial charge in [-0.15, -0.1) is 0 Å². The van der Waals surface area contributed by atoms with Crippen molar-refractivity contribution in [1.82, 2.24) is 14.3 Å². The monoisotopic (exact) mass is 499 g/mol. The Morgan fingerprint density at radius 3 is 2.62 bits per heavy atom. The molecular weight excluding hydrogens is 470 g/mol. The van der Waals surface area contributed by atoms with Crippen LogP contribution < -0.4 is 4.72 Å². The van der Waals surface area contributed by atoms with Gasteiger partial charge in [0.05, 0.1) is 23.3 Å². The molecule has 0 aliphatic rings. The van der Waals surface area contributed by atoms with Crippen LogP contribution in [0.5, 0.6) is 0 Å². The van der Waals surface area contributed by atoms with E-state index in [2.05, 4.69) is 28.5 Å². The summed E-state index contributed by atoms with van der Waals surface area (Å²) < 4.78 is 28.6. The van der Waals surface area contributed by atoms with Crippen molar-refractivity contribution in [3.8, 4) is 11.8 Å². The predicted molar refractivity (Wildman–Crippen MR) is 138 cm³/mol. The van der Waals surface area contributed by atoms with E-state index >= 15 is 0 Å². The lowest BCUT2D eigenvalue weighted by Crippen LogP contribution is -2.32. The number of aromatic nitrogens is 2. The van der Waals surface area contributed by atoms with Gasteiger partial charge in [0.1, 0.15) is 5.82 Å². The maximum atomic E-state index is 12.7. The molecule has 0 saturated carbocycles. The van der Waals surface area contributed by atoms with E-state index in [1.165, 1.54) is 0 Å². The van der Waals surface area contributed by atoms with Crippen LogP contribution in [-0.4, -0.2) is 29.6 Å². The number of fused-ring (bicyclic) bond motifs is 1. The van der Waals surface area contributed by atoms with Crippen LogP contribution in [0, 0.1) is 18.8 Å². The summed E-state index contributed by atoms with van der Waals surface area (Å²) in [5, 5.41) is 0.608. The largest absolute Gasteiger partial charge is 0.324 e. The molecule has 2 aromatic carbocycles. The summed E-state index contributed by atoms with van der Waals surface area (Å²) in [5.41, 5.74) is 3.49. The summed E-state index contributed by atoms with van der Waals surface area (Å²) in [4.78, 5) is 17.2. The molecule has 1 aromatic heterocycles. The van der Waals surface area contributed by atoms with Gasteiger partial charge in [0.15, 0.2) is 0 Å². The highest BCUT2D eigenvalue weighted by atomic mass is 35.5. The van der Waals surface area contributed by atoms with Crippen molar-refractivity contribution in [2.75, 3.05) is 5.75 Å². The Bertz CT molecular complexity index is 1350. The van der Waals surface area contributed by atoms with Crippen molar-refractivity contribution in [2.45, 2.75) is 59.4 Å². The first-order valence-corrected chi connectivity index (χ1v) is 13.6. The van der Waals surface area contributed by atoms with Gasteiger partial charge in [0.25, 0.3) is 5.91 Å². The predicted octanol–water partition coefficient (Wildman–Crippen LogP) is 5.45. The molecule has 0 aliphatic heterocycles. The van der Waals surface area contributed by atoms with E-state index in [4.69, 9.17) is 11.6 Å². The van der Waals surface area contributed by atoms with Crippen molar-refractivity contribution in [3.05, 3.63) is 63.9 Å². The highest BCUT2D eigenvalue weighted by Crippen LogP contribution is 2.24. The fraction of sp³-hybridized carbons (Fsp3) is 0.385. The number of amides is 1. The molecule has 8 heteroatoms. The molecule has 0 atom stereocenters. The second-order valence-electron chi connectivity index (χ2n) is 8.26. The number of nitrogens with one attached hydrogen (secondary N) is 1. The molecule has 1 N–H and O–H groups in total. The molecule has 3 aromatic rings. The van der Waals surface area contributed by atoms with Gasteiger partial charge in [0, 0.05) is 22.6 Å². The SMILES string of the molecule is CCCC#Cc1ccc(Cn2c(C)nc3ccc(C(=O)NS(=O)(=O)CCCCC)cc32)c(Cl)c1. The summed E-state index contributed by atoms with van der Waals surface area (Å²) in [6.07, 6.45) is 4.08. The van der Waals surface area contributed by atoms with E-state index in [0.717, 1.165) is 53.7 Å². The zero-order valence-corrected chi connectivity index (χ0v) is 21.4. The van der Waals surface area contributed by atoms with Gasteiger partial charge < -0.3 is 4.57 Å². The van der Waals surface area contributed by atoms with E-state index in [1.807, 2.05) is 36.6 Å². The van der Waals surface area contributed by atoms with Crippen LogP contribution in [-0.2, 0) is 16.6 Å². The van der Waals surface area contributed by atoms with Gasteiger partial charge in [-0.1, -0.05) is 56.2 Å². The second kappa shape index (κ2) is 11.5. The molecule has 180 valence electrons. The molecule has 0 saturated heterocycles. The fourth-order valence-corrected chi connectivity index (χ4v) is 4.92. The second-order valence-corrected chi connectivity index (χ2v) is 10.5. The third-order valence-corrected chi connectivity index (χ3v) is 7.13. The third kappa shape index (κ3) is 6.62. The topological polar surface area (TPSA) is 81.1 Å². The highest BCUT2D eigenvalue weighted by Gasteiger charge is 2.18. The molecule has 0 aliphatic carbocycles. The average molecular weight is 500 g/mol. The first kappa shape index (κ1) is 25.8. The molecule has 1 amide bonds. The van der Waals surface area contributed by atoms with Gasteiger partial charge in [-0.05, 0) is 55.7 Å². The Hall–Kier alpha value is -2.82. The van der Waals surface area contributed by atoms with Gasteiger partial charge >= 0.3 is 0 Å². The van der Waals surface area contributed by atoms with E-state index in [1.54, 1.807) is 18.2 Å². The van der Waals surface area contributed by atoms with Gasteiger partial charge in [-0.3, -0.25) is 4.79 Å². The Kier molecular flexibility index (Phi) is 8.76. The summed E-state index contributed by atoms with van der Waals surface area (Å²) in [6, 6.07) is 10.7. The number of aryl methyl sites for hydroxylation is 1. The number of rotatable bonds is 9. The first-order valence-electron chi connectivity index (χ1n) is 11.5. The number of hydrogen-bond acceptors (Lipinski definition) is 4. The molecule has 34 heavy (non-hydrogen) atoms. The Morgan fingerprint density at radius 2 is 1.91 bits per heavy atom. The summed E-state index contributed by atoms with van der Waals surface area (Å²) >= 11 is 6.54. The first-order chi connectivity index (χ1) is 16.2. The van der Waals surface area contributed by atoms with E-state index in [-0.39, 0.29) is 11.3 Å². The zero-order chi connectivity index (χ0) is 24.7. The number of hydrogen-bond donors (Lipinski definition) is 1. The van der Waals surface area contributed by atoms with Crippen LogP contribution in [0.3, 0.4) is 0 Å². The van der Waals surface area contributed by atoms with E-state index in [0.29, 0.717) is 18.0 Å². The minimum atomic E-state index is -3.68. The Labute approximate surface area is 206 Å². The number of carbonyl (C=O) groups excluding carboxylic acids is 1. The number of carbonyl (C=O) groups is 1. The lowest BCUT2D eigenvalue weighted by molar-refractivity contribution is 0.0981. The van der Waals surface area contributed by atoms with Crippen molar-refractivity contribution in [1.29, 1.82) is 0 Å². The quantitative estimate of drug-likeness (QED) is 0.313. The standard InChI is InChI=1S/C26H30ClN3O3S/c1-4-6-8-10-20-11-12-22(23(27)16-20)18-30-19(3)28-24-14-13-21(17-25(24)30)26(31)29-34(32,33)15-9-7-5-2/h11-14,16-17H,4-7,9,15,18H2,1-3H3,(H,29,31). The van der Waals surface area contributed by atoms with Crippen molar-refractivity contribution >= 4 is 38.6 Å². The van der Waals surface area contributed by atoms with Crippen molar-refractivity contribution < 1.29 is 13.2 Å². The van der Waals surface area contributed by atoms with Crippen LogP contribution in [0.15, 0.2) is 36.4 Å². The lowest BCUT2D eigenvalue weighted by atomic mass is 10.1. The van der Waals surface area contributed by atoms with Crippen molar-refractivity contribution in [2.24, 2.45) is 0 Å². The van der Waals surface area contributed by atoms with E-state index < -0.39 is 15.9 Å². The minimum absolute atomic E-state index is 0.0663. The van der Waals surface area contributed by atoms with Gasteiger partial charge in [-0.25, -0.2) is 18.1 Å². The molecule has 0 unspecified atom stereocenters. The maximum absolute atomic E-state index is 12.7. The van der Waals surface area contributed by atoms with Gasteiger partial charge in [-0.2, -0.15) is 0 Å². The summed E-state index contributed by atoms with van der Waals surface area (Å²) in [6.45, 7) is 6.43. The molecular formula is C26H30ClN3O3S. The number of sulfonamides is 1. The van der Waals surface area contributed by atoms with Crippen LogP contribution in [0.25, 0.3) is 11.0 Å². The number of halogens is 1. The molecule has 6 nitrogen and oxygen atoms in total. The molecule has 0 radical (unpaired) electrons. The highest BCUT2D eigenvalue weighted by molar-refractivity contribution is 7.90. The molecule has 3 rings (SSSR count). The van der Waals surface area contributed by atoms with Crippen LogP contribution in [0.1, 0.15) is 73.3 Å².